The molecule has 1 heterocycles. The average Bonchev–Trinajstić information content (AvgIpc) is 2.02. The van der Waals surface area contributed by atoms with Crippen LogP contribution in [0, 0.1) is 11.3 Å². The zero-order valence-electron chi connectivity index (χ0n) is 10.4. The van der Waals surface area contributed by atoms with Gasteiger partial charge in [-0.15, -0.1) is 0 Å². The van der Waals surface area contributed by atoms with Crippen LogP contribution in [0.5, 0.6) is 0 Å². The lowest BCUT2D eigenvalue weighted by molar-refractivity contribution is -0.0710. The van der Waals surface area contributed by atoms with Crippen molar-refractivity contribution >= 4 is 0 Å². The number of rotatable bonds is 1. The molecule has 0 aromatic rings. The fourth-order valence-electron chi connectivity index (χ4n) is 2.06. The van der Waals surface area contributed by atoms with Crippen LogP contribution in [0.25, 0.3) is 0 Å². The van der Waals surface area contributed by atoms with E-state index >= 15 is 0 Å². The van der Waals surface area contributed by atoms with Gasteiger partial charge in [-0.05, 0) is 30.3 Å². The molecular formula is C13H24O. The molecule has 0 bridgehead atoms. The molecule has 0 aliphatic carbocycles. The number of hydrogen-bond donors (Lipinski definition) is 0. The number of hydrogen-bond acceptors (Lipinski definition) is 1. The first-order valence-electron chi connectivity index (χ1n) is 5.64. The predicted octanol–water partition coefficient (Wildman–Crippen LogP) is 3.79. The van der Waals surface area contributed by atoms with Crippen LogP contribution in [-0.4, -0.2) is 12.2 Å². The van der Waals surface area contributed by atoms with Gasteiger partial charge in [0.2, 0.25) is 0 Å². The normalized spacial score (nSPS) is 29.2. The van der Waals surface area contributed by atoms with Crippen LogP contribution in [-0.2, 0) is 4.74 Å². The van der Waals surface area contributed by atoms with Crippen LogP contribution in [0.1, 0.15) is 48.0 Å². The van der Waals surface area contributed by atoms with E-state index in [1.54, 1.807) is 0 Å². The van der Waals surface area contributed by atoms with E-state index in [0.29, 0.717) is 18.1 Å². The first-order valence-corrected chi connectivity index (χ1v) is 5.64. The van der Waals surface area contributed by atoms with Crippen LogP contribution in [0.3, 0.4) is 0 Å². The Balaban J connectivity index is 2.77. The van der Waals surface area contributed by atoms with Gasteiger partial charge in [0.1, 0.15) is 0 Å². The van der Waals surface area contributed by atoms with Crippen molar-refractivity contribution in [3.8, 4) is 0 Å². The summed E-state index contributed by atoms with van der Waals surface area (Å²) in [5, 5.41) is 0. The molecule has 1 aliphatic heterocycles. The van der Waals surface area contributed by atoms with Gasteiger partial charge >= 0.3 is 0 Å². The topological polar surface area (TPSA) is 9.23 Å². The standard InChI is InChI=1S/C13H24O/c1-9(2)11-8-7-10(3)12(14-11)13(4,5)6/h7,9,11-12H,8H2,1-6H3. The summed E-state index contributed by atoms with van der Waals surface area (Å²) in [4.78, 5) is 0. The molecule has 2 unspecified atom stereocenters. The van der Waals surface area contributed by atoms with Crippen LogP contribution in [0.4, 0.5) is 0 Å². The van der Waals surface area contributed by atoms with Crippen molar-refractivity contribution in [1.82, 2.24) is 0 Å². The Kier molecular flexibility index (Phi) is 3.41. The summed E-state index contributed by atoms with van der Waals surface area (Å²) in [7, 11) is 0. The van der Waals surface area contributed by atoms with Crippen LogP contribution < -0.4 is 0 Å². The summed E-state index contributed by atoms with van der Waals surface area (Å²) in [6, 6.07) is 0. The van der Waals surface area contributed by atoms with E-state index < -0.39 is 0 Å². The van der Waals surface area contributed by atoms with Crippen molar-refractivity contribution in [1.29, 1.82) is 0 Å². The minimum atomic E-state index is 0.216. The first-order chi connectivity index (χ1) is 6.32. The molecule has 82 valence electrons. The third-order valence-electron chi connectivity index (χ3n) is 2.93. The van der Waals surface area contributed by atoms with E-state index in [9.17, 15) is 0 Å². The lowest BCUT2D eigenvalue weighted by Crippen LogP contribution is -2.38. The van der Waals surface area contributed by atoms with Gasteiger partial charge in [-0.3, -0.25) is 0 Å². The quantitative estimate of drug-likeness (QED) is 0.580. The van der Waals surface area contributed by atoms with Crippen molar-refractivity contribution in [3.05, 3.63) is 11.6 Å². The predicted molar refractivity (Wildman–Crippen MR) is 61.3 cm³/mol. The summed E-state index contributed by atoms with van der Waals surface area (Å²) < 4.78 is 6.16. The monoisotopic (exact) mass is 196 g/mol. The highest BCUT2D eigenvalue weighted by Gasteiger charge is 2.32. The second-order valence-electron chi connectivity index (χ2n) is 5.85. The molecular weight excluding hydrogens is 172 g/mol. The summed E-state index contributed by atoms with van der Waals surface area (Å²) >= 11 is 0. The largest absolute Gasteiger partial charge is 0.370 e. The highest BCUT2D eigenvalue weighted by Crippen LogP contribution is 2.34. The second kappa shape index (κ2) is 4.06. The van der Waals surface area contributed by atoms with Gasteiger partial charge in [0.05, 0.1) is 12.2 Å². The molecule has 0 radical (unpaired) electrons. The minimum absolute atomic E-state index is 0.216. The molecule has 0 saturated carbocycles. The third kappa shape index (κ3) is 2.60. The molecule has 0 spiro atoms. The molecule has 0 saturated heterocycles. The maximum Gasteiger partial charge on any atom is 0.0834 e. The van der Waals surface area contributed by atoms with Crippen molar-refractivity contribution in [2.75, 3.05) is 0 Å². The van der Waals surface area contributed by atoms with Gasteiger partial charge < -0.3 is 4.74 Å². The summed E-state index contributed by atoms with van der Waals surface area (Å²) in [6.07, 6.45) is 4.13. The third-order valence-corrected chi connectivity index (χ3v) is 2.93. The fraction of sp³-hybridized carbons (Fsp3) is 0.846. The van der Waals surface area contributed by atoms with Crippen molar-refractivity contribution < 1.29 is 4.74 Å². The molecule has 0 aromatic carbocycles. The van der Waals surface area contributed by atoms with Gasteiger partial charge in [-0.1, -0.05) is 40.7 Å². The molecule has 0 amide bonds. The molecule has 14 heavy (non-hydrogen) atoms. The fourth-order valence-corrected chi connectivity index (χ4v) is 2.06. The average molecular weight is 196 g/mol. The van der Waals surface area contributed by atoms with E-state index in [4.69, 9.17) is 4.74 Å². The number of ether oxygens (including phenoxy) is 1. The van der Waals surface area contributed by atoms with E-state index in [0.717, 1.165) is 6.42 Å². The lowest BCUT2D eigenvalue weighted by Gasteiger charge is -2.39. The van der Waals surface area contributed by atoms with Crippen LogP contribution in [0.2, 0.25) is 0 Å². The smallest absolute Gasteiger partial charge is 0.0834 e. The van der Waals surface area contributed by atoms with Crippen LogP contribution >= 0.6 is 0 Å². The van der Waals surface area contributed by atoms with E-state index in [-0.39, 0.29) is 5.41 Å². The first kappa shape index (κ1) is 11.8. The van der Waals surface area contributed by atoms with Gasteiger partial charge in [0.25, 0.3) is 0 Å². The maximum atomic E-state index is 6.16. The highest BCUT2D eigenvalue weighted by atomic mass is 16.5. The minimum Gasteiger partial charge on any atom is -0.370 e. The second-order valence-corrected chi connectivity index (χ2v) is 5.85. The molecule has 1 aliphatic rings. The Bertz CT molecular complexity index is 220. The van der Waals surface area contributed by atoms with E-state index in [2.05, 4.69) is 47.6 Å². The zero-order chi connectivity index (χ0) is 10.9. The molecule has 0 fully saturated rings. The SMILES string of the molecule is CC1=CCC(C(C)C)OC1C(C)(C)C. The van der Waals surface area contributed by atoms with Crippen molar-refractivity contribution in [2.24, 2.45) is 11.3 Å². The molecule has 1 heteroatoms. The molecule has 0 N–H and O–H groups in total. The van der Waals surface area contributed by atoms with Gasteiger partial charge in [-0.2, -0.15) is 0 Å². The van der Waals surface area contributed by atoms with Gasteiger partial charge in [-0.25, -0.2) is 0 Å². The Labute approximate surface area is 88.5 Å². The van der Waals surface area contributed by atoms with Crippen molar-refractivity contribution in [3.63, 3.8) is 0 Å². The molecule has 1 rings (SSSR count). The zero-order valence-corrected chi connectivity index (χ0v) is 10.4. The van der Waals surface area contributed by atoms with E-state index in [1.165, 1.54) is 5.57 Å². The summed E-state index contributed by atoms with van der Waals surface area (Å²) in [5.41, 5.74) is 1.61. The highest BCUT2D eigenvalue weighted by molar-refractivity contribution is 5.12. The Morgan fingerprint density at radius 2 is 1.93 bits per heavy atom. The lowest BCUT2D eigenvalue weighted by atomic mass is 9.82. The Hall–Kier alpha value is -0.300. The summed E-state index contributed by atoms with van der Waals surface area (Å²) in [5.74, 6) is 0.615. The summed E-state index contributed by atoms with van der Waals surface area (Å²) in [6.45, 7) is 13.4. The maximum absolute atomic E-state index is 6.16. The van der Waals surface area contributed by atoms with Crippen molar-refractivity contribution in [2.45, 2.75) is 60.2 Å². The Morgan fingerprint density at radius 3 is 2.36 bits per heavy atom. The van der Waals surface area contributed by atoms with Crippen LogP contribution in [0.15, 0.2) is 11.6 Å². The molecule has 0 aromatic heterocycles. The van der Waals surface area contributed by atoms with Gasteiger partial charge in [0, 0.05) is 0 Å². The molecule has 2 atom stereocenters. The molecule has 1 nitrogen and oxygen atoms in total. The van der Waals surface area contributed by atoms with Gasteiger partial charge in [0.15, 0.2) is 0 Å². The van der Waals surface area contributed by atoms with E-state index in [1.807, 2.05) is 0 Å². The Morgan fingerprint density at radius 1 is 1.36 bits per heavy atom.